The van der Waals surface area contributed by atoms with Crippen LogP contribution in [0.25, 0.3) is 0 Å². The minimum atomic E-state index is 0.329. The smallest absolute Gasteiger partial charge is 0.0277 e. The van der Waals surface area contributed by atoms with Crippen molar-refractivity contribution in [3.8, 4) is 0 Å². The number of nitrogens with zero attached hydrogens (tertiary/aromatic N) is 2. The fourth-order valence-corrected chi connectivity index (χ4v) is 2.04. The SMILES string of the molecule is CC(C)NCCN1CCN(C)C(C)(C)C1. The summed E-state index contributed by atoms with van der Waals surface area (Å²) in [6.07, 6.45) is 0. The maximum atomic E-state index is 3.48. The molecule has 1 rings (SSSR count). The summed E-state index contributed by atoms with van der Waals surface area (Å²) in [5, 5.41) is 3.48. The van der Waals surface area contributed by atoms with Gasteiger partial charge in [-0.3, -0.25) is 9.80 Å². The molecule has 3 heteroatoms. The molecule has 0 spiro atoms. The Labute approximate surface area is 94.8 Å². The van der Waals surface area contributed by atoms with E-state index in [2.05, 4.69) is 49.9 Å². The number of rotatable bonds is 4. The molecular formula is C12H27N3. The molecule has 1 fully saturated rings. The first kappa shape index (κ1) is 12.9. The lowest BCUT2D eigenvalue weighted by atomic mass is 10.00. The van der Waals surface area contributed by atoms with Crippen LogP contribution in [-0.2, 0) is 0 Å². The average molecular weight is 213 g/mol. The van der Waals surface area contributed by atoms with Gasteiger partial charge in [-0.2, -0.15) is 0 Å². The molecule has 1 N–H and O–H groups in total. The highest BCUT2D eigenvalue weighted by Gasteiger charge is 2.30. The second kappa shape index (κ2) is 5.28. The lowest BCUT2D eigenvalue weighted by Crippen LogP contribution is -2.58. The summed E-state index contributed by atoms with van der Waals surface area (Å²) in [4.78, 5) is 5.02. The van der Waals surface area contributed by atoms with Gasteiger partial charge in [-0.25, -0.2) is 0 Å². The zero-order valence-corrected chi connectivity index (χ0v) is 11.0. The van der Waals surface area contributed by atoms with E-state index in [-0.39, 0.29) is 0 Å². The highest BCUT2D eigenvalue weighted by Crippen LogP contribution is 2.18. The topological polar surface area (TPSA) is 18.5 Å². The Balaban J connectivity index is 2.27. The third kappa shape index (κ3) is 4.09. The Bertz CT molecular complexity index is 189. The van der Waals surface area contributed by atoms with E-state index in [1.807, 2.05) is 0 Å². The van der Waals surface area contributed by atoms with E-state index in [1.54, 1.807) is 0 Å². The third-order valence-corrected chi connectivity index (χ3v) is 3.38. The van der Waals surface area contributed by atoms with Crippen LogP contribution in [0.1, 0.15) is 27.7 Å². The lowest BCUT2D eigenvalue weighted by Gasteiger charge is -2.45. The minimum absolute atomic E-state index is 0.329. The van der Waals surface area contributed by atoms with Gasteiger partial charge in [0.25, 0.3) is 0 Å². The molecule has 0 aromatic heterocycles. The molecule has 0 amide bonds. The van der Waals surface area contributed by atoms with Crippen LogP contribution in [0.2, 0.25) is 0 Å². The van der Waals surface area contributed by atoms with Gasteiger partial charge in [-0.1, -0.05) is 13.8 Å². The van der Waals surface area contributed by atoms with E-state index in [0.717, 1.165) is 6.54 Å². The Morgan fingerprint density at radius 2 is 1.93 bits per heavy atom. The summed E-state index contributed by atoms with van der Waals surface area (Å²) in [5.74, 6) is 0. The predicted octanol–water partition coefficient (Wildman–Crippen LogP) is 1.01. The number of hydrogen-bond acceptors (Lipinski definition) is 3. The predicted molar refractivity (Wildman–Crippen MR) is 66.3 cm³/mol. The molecule has 0 bridgehead atoms. The summed E-state index contributed by atoms with van der Waals surface area (Å²) >= 11 is 0. The highest BCUT2D eigenvalue weighted by atomic mass is 15.3. The first-order valence-corrected chi connectivity index (χ1v) is 6.09. The second-order valence-corrected chi connectivity index (χ2v) is 5.62. The lowest BCUT2D eigenvalue weighted by molar-refractivity contribution is 0.0405. The van der Waals surface area contributed by atoms with Gasteiger partial charge in [0.05, 0.1) is 0 Å². The van der Waals surface area contributed by atoms with Crippen LogP contribution < -0.4 is 5.32 Å². The molecule has 0 aromatic carbocycles. The molecule has 0 aliphatic carbocycles. The summed E-state index contributed by atoms with van der Waals surface area (Å²) in [5.41, 5.74) is 0.329. The molecule has 0 radical (unpaired) electrons. The Kier molecular flexibility index (Phi) is 4.56. The van der Waals surface area contributed by atoms with Gasteiger partial charge in [-0.15, -0.1) is 0 Å². The van der Waals surface area contributed by atoms with Crippen LogP contribution >= 0.6 is 0 Å². The Hall–Kier alpha value is -0.120. The molecule has 1 aliphatic heterocycles. The summed E-state index contributed by atoms with van der Waals surface area (Å²) in [6.45, 7) is 14.9. The molecule has 0 atom stereocenters. The molecule has 15 heavy (non-hydrogen) atoms. The zero-order chi connectivity index (χ0) is 11.5. The maximum absolute atomic E-state index is 3.48. The van der Waals surface area contributed by atoms with Crippen LogP contribution in [0.4, 0.5) is 0 Å². The van der Waals surface area contributed by atoms with Crippen molar-refractivity contribution in [3.05, 3.63) is 0 Å². The van der Waals surface area contributed by atoms with Crippen molar-refractivity contribution < 1.29 is 0 Å². The number of likely N-dealkylation sites (N-methyl/N-ethyl adjacent to an activating group) is 1. The largest absolute Gasteiger partial charge is 0.313 e. The van der Waals surface area contributed by atoms with Crippen molar-refractivity contribution in [1.82, 2.24) is 15.1 Å². The summed E-state index contributed by atoms with van der Waals surface area (Å²) in [6, 6.07) is 0.602. The third-order valence-electron chi connectivity index (χ3n) is 3.38. The van der Waals surface area contributed by atoms with E-state index in [0.29, 0.717) is 11.6 Å². The summed E-state index contributed by atoms with van der Waals surface area (Å²) < 4.78 is 0. The van der Waals surface area contributed by atoms with Crippen molar-refractivity contribution in [3.63, 3.8) is 0 Å². The van der Waals surface area contributed by atoms with Crippen molar-refractivity contribution in [2.45, 2.75) is 39.3 Å². The highest BCUT2D eigenvalue weighted by molar-refractivity contribution is 4.88. The minimum Gasteiger partial charge on any atom is -0.313 e. The van der Waals surface area contributed by atoms with E-state index in [9.17, 15) is 0 Å². The molecule has 90 valence electrons. The molecule has 3 nitrogen and oxygen atoms in total. The van der Waals surface area contributed by atoms with Gasteiger partial charge in [0.1, 0.15) is 0 Å². The van der Waals surface area contributed by atoms with Gasteiger partial charge < -0.3 is 5.32 Å². The number of nitrogens with one attached hydrogen (secondary N) is 1. The fraction of sp³-hybridized carbons (Fsp3) is 1.00. The van der Waals surface area contributed by atoms with Gasteiger partial charge in [-0.05, 0) is 20.9 Å². The van der Waals surface area contributed by atoms with E-state index in [1.165, 1.54) is 26.2 Å². The van der Waals surface area contributed by atoms with Gasteiger partial charge >= 0.3 is 0 Å². The van der Waals surface area contributed by atoms with Crippen LogP contribution in [0.15, 0.2) is 0 Å². The maximum Gasteiger partial charge on any atom is 0.0277 e. The molecule has 1 saturated heterocycles. The van der Waals surface area contributed by atoms with E-state index >= 15 is 0 Å². The first-order valence-electron chi connectivity index (χ1n) is 6.09. The van der Waals surface area contributed by atoms with Crippen molar-refractivity contribution in [2.24, 2.45) is 0 Å². The Morgan fingerprint density at radius 3 is 2.47 bits per heavy atom. The molecular weight excluding hydrogens is 186 g/mol. The van der Waals surface area contributed by atoms with Crippen molar-refractivity contribution in [1.29, 1.82) is 0 Å². The van der Waals surface area contributed by atoms with Gasteiger partial charge in [0, 0.05) is 44.3 Å². The molecule has 1 heterocycles. The summed E-state index contributed by atoms with van der Waals surface area (Å²) in [7, 11) is 2.23. The van der Waals surface area contributed by atoms with Crippen molar-refractivity contribution in [2.75, 3.05) is 39.8 Å². The average Bonchev–Trinajstić information content (AvgIpc) is 2.10. The standard InChI is InChI=1S/C12H27N3/c1-11(2)13-6-7-15-9-8-14(5)12(3,4)10-15/h11,13H,6-10H2,1-5H3. The normalized spacial score (nSPS) is 23.6. The van der Waals surface area contributed by atoms with Crippen LogP contribution in [0.3, 0.4) is 0 Å². The van der Waals surface area contributed by atoms with Gasteiger partial charge in [0.15, 0.2) is 0 Å². The number of piperazine rings is 1. The van der Waals surface area contributed by atoms with Gasteiger partial charge in [0.2, 0.25) is 0 Å². The first-order chi connectivity index (χ1) is 6.92. The quantitative estimate of drug-likeness (QED) is 0.752. The van der Waals surface area contributed by atoms with Crippen LogP contribution in [0, 0.1) is 0 Å². The molecule has 0 unspecified atom stereocenters. The van der Waals surface area contributed by atoms with E-state index < -0.39 is 0 Å². The fourth-order valence-electron chi connectivity index (χ4n) is 2.04. The monoisotopic (exact) mass is 213 g/mol. The Morgan fingerprint density at radius 1 is 1.27 bits per heavy atom. The van der Waals surface area contributed by atoms with Crippen LogP contribution in [0.5, 0.6) is 0 Å². The molecule has 0 saturated carbocycles. The molecule has 0 aromatic rings. The second-order valence-electron chi connectivity index (χ2n) is 5.62. The number of hydrogen-bond donors (Lipinski definition) is 1. The van der Waals surface area contributed by atoms with Crippen LogP contribution in [-0.4, -0.2) is 61.2 Å². The molecule has 1 aliphatic rings. The van der Waals surface area contributed by atoms with E-state index in [4.69, 9.17) is 0 Å². The van der Waals surface area contributed by atoms with Crippen molar-refractivity contribution >= 4 is 0 Å². The zero-order valence-electron chi connectivity index (χ0n) is 11.0.